The van der Waals surface area contributed by atoms with E-state index in [0.29, 0.717) is 22.0 Å². The average molecular weight is 308 g/mol. The highest BCUT2D eigenvalue weighted by Gasteiger charge is 2.41. The van der Waals surface area contributed by atoms with Gasteiger partial charge in [0.2, 0.25) is 0 Å². The third kappa shape index (κ3) is 2.69. The SMILES string of the molecule is CC1=NC(C)=C(C(=O)O)C(c2ccccc2Cl)C1C(=O)O. The summed E-state index contributed by atoms with van der Waals surface area (Å²) in [6.45, 7) is 3.15. The van der Waals surface area contributed by atoms with Gasteiger partial charge in [-0.1, -0.05) is 29.8 Å². The second-order valence-electron chi connectivity index (χ2n) is 4.87. The molecule has 0 bridgehead atoms. The van der Waals surface area contributed by atoms with E-state index < -0.39 is 23.8 Å². The first kappa shape index (κ1) is 15.3. The van der Waals surface area contributed by atoms with E-state index in [1.54, 1.807) is 38.1 Å². The van der Waals surface area contributed by atoms with Gasteiger partial charge in [0.05, 0.1) is 5.57 Å². The summed E-state index contributed by atoms with van der Waals surface area (Å²) < 4.78 is 0. The van der Waals surface area contributed by atoms with Crippen LogP contribution in [0.15, 0.2) is 40.5 Å². The van der Waals surface area contributed by atoms with Gasteiger partial charge in [-0.2, -0.15) is 0 Å². The zero-order valence-corrected chi connectivity index (χ0v) is 12.3. The molecule has 2 atom stereocenters. The molecule has 0 amide bonds. The summed E-state index contributed by atoms with van der Waals surface area (Å²) in [6.07, 6.45) is 0. The van der Waals surface area contributed by atoms with Crippen molar-refractivity contribution in [1.29, 1.82) is 0 Å². The molecule has 6 heteroatoms. The Hall–Kier alpha value is -2.14. The summed E-state index contributed by atoms with van der Waals surface area (Å²) in [4.78, 5) is 27.3. The number of benzene rings is 1. The molecule has 21 heavy (non-hydrogen) atoms. The molecular formula is C15H14ClNO4. The van der Waals surface area contributed by atoms with Crippen LogP contribution in [0.25, 0.3) is 0 Å². The first-order chi connectivity index (χ1) is 9.84. The van der Waals surface area contributed by atoms with E-state index in [1.165, 1.54) is 0 Å². The second-order valence-corrected chi connectivity index (χ2v) is 5.28. The minimum atomic E-state index is -1.18. The first-order valence-electron chi connectivity index (χ1n) is 6.31. The zero-order valence-electron chi connectivity index (χ0n) is 11.5. The molecule has 0 saturated carbocycles. The van der Waals surface area contributed by atoms with E-state index >= 15 is 0 Å². The van der Waals surface area contributed by atoms with E-state index in [-0.39, 0.29) is 5.57 Å². The number of carboxylic acid groups (broad SMARTS) is 2. The molecule has 1 aliphatic heterocycles. The Bertz CT molecular complexity index is 678. The van der Waals surface area contributed by atoms with Gasteiger partial charge in [-0.15, -0.1) is 0 Å². The van der Waals surface area contributed by atoms with Gasteiger partial charge in [-0.05, 0) is 25.5 Å². The van der Waals surface area contributed by atoms with Gasteiger partial charge < -0.3 is 10.2 Å². The van der Waals surface area contributed by atoms with Crippen molar-refractivity contribution in [3.05, 3.63) is 46.1 Å². The minimum Gasteiger partial charge on any atom is -0.481 e. The first-order valence-corrected chi connectivity index (χ1v) is 6.69. The monoisotopic (exact) mass is 307 g/mol. The molecule has 5 nitrogen and oxygen atoms in total. The smallest absolute Gasteiger partial charge is 0.334 e. The van der Waals surface area contributed by atoms with E-state index in [9.17, 15) is 19.8 Å². The largest absolute Gasteiger partial charge is 0.481 e. The van der Waals surface area contributed by atoms with Crippen LogP contribution in [-0.4, -0.2) is 27.9 Å². The number of allylic oxidation sites excluding steroid dienone is 1. The Morgan fingerprint density at radius 2 is 1.81 bits per heavy atom. The molecule has 2 unspecified atom stereocenters. The summed E-state index contributed by atoms with van der Waals surface area (Å²) in [6, 6.07) is 6.68. The highest BCUT2D eigenvalue weighted by Crippen LogP contribution is 2.41. The van der Waals surface area contributed by atoms with Crippen LogP contribution in [0.4, 0.5) is 0 Å². The quantitative estimate of drug-likeness (QED) is 0.898. The topological polar surface area (TPSA) is 87.0 Å². The van der Waals surface area contributed by atoms with Crippen molar-refractivity contribution >= 4 is 29.3 Å². The highest BCUT2D eigenvalue weighted by atomic mass is 35.5. The van der Waals surface area contributed by atoms with Crippen molar-refractivity contribution in [2.24, 2.45) is 10.9 Å². The highest BCUT2D eigenvalue weighted by molar-refractivity contribution is 6.31. The lowest BCUT2D eigenvalue weighted by Gasteiger charge is -2.30. The van der Waals surface area contributed by atoms with Crippen LogP contribution in [-0.2, 0) is 9.59 Å². The molecule has 0 aliphatic carbocycles. The molecule has 2 rings (SSSR count). The normalized spacial score (nSPS) is 22.0. The molecule has 110 valence electrons. The fourth-order valence-corrected chi connectivity index (χ4v) is 2.95. The van der Waals surface area contributed by atoms with Gasteiger partial charge in [0.25, 0.3) is 0 Å². The lowest BCUT2D eigenvalue weighted by atomic mass is 9.75. The third-order valence-electron chi connectivity index (χ3n) is 3.57. The van der Waals surface area contributed by atoms with Crippen LogP contribution >= 0.6 is 11.6 Å². The van der Waals surface area contributed by atoms with Crippen LogP contribution < -0.4 is 0 Å². The molecule has 1 heterocycles. The van der Waals surface area contributed by atoms with Crippen LogP contribution in [0.1, 0.15) is 25.3 Å². The summed E-state index contributed by atoms with van der Waals surface area (Å²) in [5.41, 5.74) is 1.14. The number of carbonyl (C=O) groups is 2. The van der Waals surface area contributed by atoms with Crippen molar-refractivity contribution < 1.29 is 19.8 Å². The summed E-state index contributed by atoms with van der Waals surface area (Å²) in [5.74, 6) is -4.20. The number of aliphatic imine (C=N–C) groups is 1. The summed E-state index contributed by atoms with van der Waals surface area (Å²) >= 11 is 6.14. The standard InChI is InChI=1S/C15H14ClNO4/c1-7-11(14(18)19)13(9-5-3-4-6-10(9)16)12(15(20)21)8(2)17-7/h3-6,11,13H,1-2H3,(H,18,19)(H,20,21). The molecule has 0 saturated heterocycles. The Balaban J connectivity index is 2.72. The molecule has 1 aliphatic rings. The third-order valence-corrected chi connectivity index (χ3v) is 3.91. The van der Waals surface area contributed by atoms with Gasteiger partial charge >= 0.3 is 11.9 Å². The molecule has 0 spiro atoms. The van der Waals surface area contributed by atoms with Crippen LogP contribution in [0.3, 0.4) is 0 Å². The number of hydrogen-bond acceptors (Lipinski definition) is 3. The van der Waals surface area contributed by atoms with Crippen molar-refractivity contribution in [2.75, 3.05) is 0 Å². The lowest BCUT2D eigenvalue weighted by molar-refractivity contribution is -0.140. The molecule has 0 fully saturated rings. The van der Waals surface area contributed by atoms with E-state index in [1.807, 2.05) is 0 Å². The van der Waals surface area contributed by atoms with Crippen molar-refractivity contribution in [3.8, 4) is 0 Å². The van der Waals surface area contributed by atoms with Gasteiger partial charge in [0.1, 0.15) is 5.92 Å². The lowest BCUT2D eigenvalue weighted by Crippen LogP contribution is -2.35. The number of rotatable bonds is 3. The Morgan fingerprint density at radius 1 is 1.19 bits per heavy atom. The maximum absolute atomic E-state index is 11.6. The second kappa shape index (κ2) is 5.69. The molecule has 2 N–H and O–H groups in total. The summed E-state index contributed by atoms with van der Waals surface area (Å²) in [5, 5.41) is 19.3. The maximum Gasteiger partial charge on any atom is 0.334 e. The minimum absolute atomic E-state index is 0.0268. The van der Waals surface area contributed by atoms with Crippen molar-refractivity contribution in [2.45, 2.75) is 19.8 Å². The Labute approximate surface area is 126 Å². The molecule has 0 aromatic heterocycles. The number of hydrogen-bond donors (Lipinski definition) is 2. The van der Waals surface area contributed by atoms with Gasteiger partial charge in [0, 0.05) is 22.3 Å². The molecule has 1 aromatic carbocycles. The van der Waals surface area contributed by atoms with Crippen molar-refractivity contribution in [1.82, 2.24) is 0 Å². The fraction of sp³-hybridized carbons (Fsp3) is 0.267. The number of halogens is 1. The zero-order chi connectivity index (χ0) is 15.7. The number of nitrogens with zero attached hydrogens (tertiary/aromatic N) is 1. The van der Waals surface area contributed by atoms with E-state index in [4.69, 9.17) is 11.6 Å². The summed E-state index contributed by atoms with van der Waals surface area (Å²) in [7, 11) is 0. The van der Waals surface area contributed by atoms with Gasteiger partial charge in [-0.25, -0.2) is 4.79 Å². The fourth-order valence-electron chi connectivity index (χ4n) is 2.70. The van der Waals surface area contributed by atoms with Crippen LogP contribution in [0.5, 0.6) is 0 Å². The average Bonchev–Trinajstić information content (AvgIpc) is 2.37. The maximum atomic E-state index is 11.6. The predicted octanol–water partition coefficient (Wildman–Crippen LogP) is 2.96. The Morgan fingerprint density at radius 3 is 2.33 bits per heavy atom. The van der Waals surface area contributed by atoms with Crippen LogP contribution in [0.2, 0.25) is 5.02 Å². The van der Waals surface area contributed by atoms with Gasteiger partial charge in [-0.3, -0.25) is 9.79 Å². The number of carboxylic acids is 2. The Kier molecular flexibility index (Phi) is 4.14. The van der Waals surface area contributed by atoms with Crippen molar-refractivity contribution in [3.63, 3.8) is 0 Å². The van der Waals surface area contributed by atoms with E-state index in [0.717, 1.165) is 0 Å². The predicted molar refractivity (Wildman–Crippen MR) is 78.8 cm³/mol. The number of aliphatic carboxylic acids is 2. The van der Waals surface area contributed by atoms with Gasteiger partial charge in [0.15, 0.2) is 0 Å². The van der Waals surface area contributed by atoms with Crippen LogP contribution in [0, 0.1) is 5.92 Å². The molecular weight excluding hydrogens is 294 g/mol. The van der Waals surface area contributed by atoms with E-state index in [2.05, 4.69) is 4.99 Å². The molecule has 0 radical (unpaired) electrons. The molecule has 1 aromatic rings.